The molecule has 0 fully saturated rings. The molecule has 0 spiro atoms. The van der Waals surface area contributed by atoms with E-state index >= 15 is 0 Å². The summed E-state index contributed by atoms with van der Waals surface area (Å²) in [6.07, 6.45) is 3.53. The number of rotatable bonds is 6. The Balaban J connectivity index is 2.06. The number of hydrogen-bond donors (Lipinski definition) is 1. The van der Waals surface area contributed by atoms with Crippen LogP contribution in [-0.2, 0) is 13.2 Å². The number of nitrogens with one attached hydrogen (secondary N) is 1. The predicted octanol–water partition coefficient (Wildman–Crippen LogP) is 2.40. The van der Waals surface area contributed by atoms with Gasteiger partial charge in [-0.25, -0.2) is 0 Å². The van der Waals surface area contributed by atoms with Crippen molar-refractivity contribution in [3.8, 4) is 11.5 Å². The molecule has 2 aromatic rings. The molecule has 2 heterocycles. The lowest BCUT2D eigenvalue weighted by Crippen LogP contribution is -2.07. The smallest absolute Gasteiger partial charge is 0.138 e. The summed E-state index contributed by atoms with van der Waals surface area (Å²) in [5.74, 6) is 1.60. The van der Waals surface area contributed by atoms with E-state index in [0.29, 0.717) is 6.61 Å². The van der Waals surface area contributed by atoms with Crippen molar-refractivity contribution in [3.63, 3.8) is 0 Å². The molecule has 0 radical (unpaired) electrons. The Hall–Kier alpha value is -2.14. The van der Waals surface area contributed by atoms with Crippen molar-refractivity contribution in [2.24, 2.45) is 0 Å². The van der Waals surface area contributed by atoms with Gasteiger partial charge in [-0.2, -0.15) is 0 Å². The zero-order valence-electron chi connectivity index (χ0n) is 12.9. The molecule has 0 atom stereocenters. The number of aromatic nitrogens is 2. The number of aryl methyl sites for hydroxylation is 1. The first-order valence-electron chi connectivity index (χ1n) is 6.87. The largest absolute Gasteiger partial charge is 0.496 e. The van der Waals surface area contributed by atoms with E-state index in [1.807, 2.05) is 33.0 Å². The fraction of sp³-hybridized carbons (Fsp3) is 0.375. The Morgan fingerprint density at radius 2 is 1.95 bits per heavy atom. The SMILES string of the molecule is CNCc1ccc(OCc2ncc(C)c(OC)c2C)cn1. The molecule has 0 aliphatic carbocycles. The number of pyridine rings is 2. The van der Waals surface area contributed by atoms with E-state index in [2.05, 4.69) is 15.3 Å². The van der Waals surface area contributed by atoms with Gasteiger partial charge in [0.2, 0.25) is 0 Å². The van der Waals surface area contributed by atoms with Gasteiger partial charge in [0.1, 0.15) is 18.1 Å². The van der Waals surface area contributed by atoms with Crippen LogP contribution in [0, 0.1) is 13.8 Å². The van der Waals surface area contributed by atoms with Crippen molar-refractivity contribution in [1.29, 1.82) is 0 Å². The Bertz CT molecular complexity index is 597. The van der Waals surface area contributed by atoms with Crippen LogP contribution in [0.25, 0.3) is 0 Å². The van der Waals surface area contributed by atoms with Crippen LogP contribution in [0.15, 0.2) is 24.5 Å². The molecule has 5 nitrogen and oxygen atoms in total. The van der Waals surface area contributed by atoms with E-state index in [-0.39, 0.29) is 0 Å². The van der Waals surface area contributed by atoms with Crippen LogP contribution in [0.4, 0.5) is 0 Å². The molecule has 0 amide bonds. The molecule has 2 aromatic heterocycles. The summed E-state index contributed by atoms with van der Waals surface area (Å²) in [5.41, 5.74) is 3.89. The van der Waals surface area contributed by atoms with Gasteiger partial charge >= 0.3 is 0 Å². The van der Waals surface area contributed by atoms with Crippen LogP contribution in [-0.4, -0.2) is 24.1 Å². The van der Waals surface area contributed by atoms with Crippen molar-refractivity contribution in [2.45, 2.75) is 27.0 Å². The molecule has 0 unspecified atom stereocenters. The Labute approximate surface area is 125 Å². The van der Waals surface area contributed by atoms with Crippen LogP contribution >= 0.6 is 0 Å². The second kappa shape index (κ2) is 7.04. The van der Waals surface area contributed by atoms with Crippen LogP contribution < -0.4 is 14.8 Å². The lowest BCUT2D eigenvalue weighted by atomic mass is 10.1. The van der Waals surface area contributed by atoms with E-state index in [4.69, 9.17) is 9.47 Å². The topological polar surface area (TPSA) is 56.3 Å². The minimum atomic E-state index is 0.398. The third-order valence-electron chi connectivity index (χ3n) is 3.28. The number of methoxy groups -OCH3 is 1. The van der Waals surface area contributed by atoms with Gasteiger partial charge in [0, 0.05) is 23.9 Å². The lowest BCUT2D eigenvalue weighted by molar-refractivity contribution is 0.297. The monoisotopic (exact) mass is 287 g/mol. The highest BCUT2D eigenvalue weighted by atomic mass is 16.5. The van der Waals surface area contributed by atoms with Crippen LogP contribution in [0.1, 0.15) is 22.5 Å². The summed E-state index contributed by atoms with van der Waals surface area (Å²) < 4.78 is 11.1. The standard InChI is InChI=1S/C16H21N3O2/c1-11-7-19-15(12(2)16(11)20-4)10-21-14-6-5-13(8-17-3)18-9-14/h5-7,9,17H,8,10H2,1-4H3. The maximum Gasteiger partial charge on any atom is 0.138 e. The number of ether oxygens (including phenoxy) is 2. The molecule has 0 aliphatic heterocycles. The van der Waals surface area contributed by atoms with Crippen molar-refractivity contribution >= 4 is 0 Å². The molecule has 2 rings (SSSR count). The highest BCUT2D eigenvalue weighted by Crippen LogP contribution is 2.24. The summed E-state index contributed by atoms with van der Waals surface area (Å²) in [5, 5.41) is 3.06. The Kier molecular flexibility index (Phi) is 5.11. The molecule has 21 heavy (non-hydrogen) atoms. The molecule has 5 heteroatoms. The number of hydrogen-bond acceptors (Lipinski definition) is 5. The second-order valence-corrected chi connectivity index (χ2v) is 4.85. The minimum Gasteiger partial charge on any atom is -0.496 e. The lowest BCUT2D eigenvalue weighted by Gasteiger charge is -2.13. The van der Waals surface area contributed by atoms with E-state index < -0.39 is 0 Å². The van der Waals surface area contributed by atoms with Gasteiger partial charge in [-0.3, -0.25) is 9.97 Å². The predicted molar refractivity (Wildman–Crippen MR) is 81.6 cm³/mol. The van der Waals surface area contributed by atoms with E-state index in [9.17, 15) is 0 Å². The molecule has 1 N–H and O–H groups in total. The zero-order chi connectivity index (χ0) is 15.2. The van der Waals surface area contributed by atoms with Gasteiger partial charge in [-0.15, -0.1) is 0 Å². The summed E-state index contributed by atoms with van der Waals surface area (Å²) >= 11 is 0. The summed E-state index contributed by atoms with van der Waals surface area (Å²) in [4.78, 5) is 8.73. The maximum atomic E-state index is 5.74. The van der Waals surface area contributed by atoms with Crippen molar-refractivity contribution in [1.82, 2.24) is 15.3 Å². The Morgan fingerprint density at radius 3 is 2.57 bits per heavy atom. The van der Waals surface area contributed by atoms with E-state index in [1.54, 1.807) is 19.5 Å². The fourth-order valence-electron chi connectivity index (χ4n) is 2.15. The molecule has 0 saturated heterocycles. The average molecular weight is 287 g/mol. The van der Waals surface area contributed by atoms with Gasteiger partial charge in [-0.1, -0.05) is 0 Å². The van der Waals surface area contributed by atoms with E-state index in [0.717, 1.165) is 40.6 Å². The zero-order valence-corrected chi connectivity index (χ0v) is 12.9. The van der Waals surface area contributed by atoms with Gasteiger partial charge in [0.25, 0.3) is 0 Å². The summed E-state index contributed by atoms with van der Waals surface area (Å²) in [7, 11) is 3.57. The quantitative estimate of drug-likeness (QED) is 0.884. The second-order valence-electron chi connectivity index (χ2n) is 4.85. The van der Waals surface area contributed by atoms with Gasteiger partial charge in [0.05, 0.1) is 24.7 Å². The molecular formula is C16H21N3O2. The van der Waals surface area contributed by atoms with Crippen molar-refractivity contribution in [2.75, 3.05) is 14.2 Å². The summed E-state index contributed by atoms with van der Waals surface area (Å²) in [6.45, 7) is 5.12. The molecule has 0 saturated carbocycles. The van der Waals surface area contributed by atoms with Crippen LogP contribution in [0.5, 0.6) is 11.5 Å². The Morgan fingerprint density at radius 1 is 1.14 bits per heavy atom. The van der Waals surface area contributed by atoms with E-state index in [1.165, 1.54) is 0 Å². The third kappa shape index (κ3) is 3.70. The molecule has 112 valence electrons. The van der Waals surface area contributed by atoms with Gasteiger partial charge in [0.15, 0.2) is 0 Å². The molecule has 0 aromatic carbocycles. The fourth-order valence-corrected chi connectivity index (χ4v) is 2.15. The molecule has 0 aliphatic rings. The third-order valence-corrected chi connectivity index (χ3v) is 3.28. The first-order chi connectivity index (χ1) is 10.2. The first kappa shape index (κ1) is 15.3. The van der Waals surface area contributed by atoms with Crippen molar-refractivity contribution < 1.29 is 9.47 Å². The number of nitrogens with zero attached hydrogens (tertiary/aromatic N) is 2. The van der Waals surface area contributed by atoms with Crippen LogP contribution in [0.3, 0.4) is 0 Å². The maximum absolute atomic E-state index is 5.74. The highest BCUT2D eigenvalue weighted by Gasteiger charge is 2.10. The molecule has 0 bridgehead atoms. The summed E-state index contributed by atoms with van der Waals surface area (Å²) in [6, 6.07) is 3.86. The minimum absolute atomic E-state index is 0.398. The average Bonchev–Trinajstić information content (AvgIpc) is 2.49. The first-order valence-corrected chi connectivity index (χ1v) is 6.87. The highest BCUT2D eigenvalue weighted by molar-refractivity contribution is 5.41. The van der Waals surface area contributed by atoms with Gasteiger partial charge < -0.3 is 14.8 Å². The van der Waals surface area contributed by atoms with Crippen LogP contribution in [0.2, 0.25) is 0 Å². The molecular weight excluding hydrogens is 266 g/mol. The van der Waals surface area contributed by atoms with Gasteiger partial charge in [-0.05, 0) is 33.0 Å². The normalized spacial score (nSPS) is 10.5. The van der Waals surface area contributed by atoms with Crippen molar-refractivity contribution in [3.05, 3.63) is 47.0 Å².